The second kappa shape index (κ2) is 5.42. The highest BCUT2D eigenvalue weighted by molar-refractivity contribution is 7.16. The van der Waals surface area contributed by atoms with Gasteiger partial charge in [-0.25, -0.2) is 4.79 Å². The van der Waals surface area contributed by atoms with Crippen molar-refractivity contribution in [3.63, 3.8) is 0 Å². The van der Waals surface area contributed by atoms with Crippen LogP contribution < -0.4 is 5.32 Å². The molecule has 0 bridgehead atoms. The number of halogens is 1. The van der Waals surface area contributed by atoms with Crippen molar-refractivity contribution in [3.05, 3.63) is 50.7 Å². The van der Waals surface area contributed by atoms with Crippen LogP contribution in [-0.2, 0) is 6.54 Å². The van der Waals surface area contributed by atoms with Crippen molar-refractivity contribution in [2.45, 2.75) is 13.5 Å². The Balaban J connectivity index is 2.16. The van der Waals surface area contributed by atoms with Gasteiger partial charge in [-0.2, -0.15) is 0 Å². The van der Waals surface area contributed by atoms with Crippen LogP contribution >= 0.6 is 22.9 Å². The van der Waals surface area contributed by atoms with Gasteiger partial charge in [0, 0.05) is 17.1 Å². The van der Waals surface area contributed by atoms with E-state index in [1.54, 1.807) is 12.1 Å². The molecule has 0 unspecified atom stereocenters. The average Bonchev–Trinajstić information content (AvgIpc) is 2.73. The number of benzene rings is 1. The summed E-state index contributed by atoms with van der Waals surface area (Å²) in [6.07, 6.45) is 0. The summed E-state index contributed by atoms with van der Waals surface area (Å²) in [4.78, 5) is 12.2. The predicted molar refractivity (Wildman–Crippen MR) is 74.8 cm³/mol. The van der Waals surface area contributed by atoms with Gasteiger partial charge in [0.25, 0.3) is 0 Å². The Kier molecular flexibility index (Phi) is 3.89. The summed E-state index contributed by atoms with van der Waals surface area (Å²) in [6.45, 7) is 2.44. The molecule has 1 heterocycles. The van der Waals surface area contributed by atoms with Gasteiger partial charge in [-0.15, -0.1) is 11.3 Å². The van der Waals surface area contributed by atoms with Crippen LogP contribution in [0.3, 0.4) is 0 Å². The van der Waals surface area contributed by atoms with Crippen LogP contribution in [0, 0.1) is 6.92 Å². The number of thiophene rings is 1. The van der Waals surface area contributed by atoms with Crippen LogP contribution in [0.15, 0.2) is 30.3 Å². The molecule has 0 aliphatic carbocycles. The van der Waals surface area contributed by atoms with Crippen molar-refractivity contribution in [2.75, 3.05) is 5.32 Å². The standard InChI is InChI=1S/C13H12ClNO2S/c1-8-2-4-11(10(6-8)13(16)17)15-7-9-3-5-12(14)18-9/h2-6,15H,7H2,1H3,(H,16,17). The number of carboxylic acid groups (broad SMARTS) is 1. The van der Waals surface area contributed by atoms with Crippen molar-refractivity contribution < 1.29 is 9.90 Å². The Bertz CT molecular complexity index is 580. The summed E-state index contributed by atoms with van der Waals surface area (Å²) >= 11 is 7.32. The summed E-state index contributed by atoms with van der Waals surface area (Å²) in [5.74, 6) is -0.926. The summed E-state index contributed by atoms with van der Waals surface area (Å²) in [5.41, 5.74) is 1.84. The first kappa shape index (κ1) is 12.9. The number of aromatic carboxylic acids is 1. The van der Waals surface area contributed by atoms with Gasteiger partial charge in [-0.3, -0.25) is 0 Å². The van der Waals surface area contributed by atoms with Gasteiger partial charge in [0.1, 0.15) is 0 Å². The third kappa shape index (κ3) is 3.03. The lowest BCUT2D eigenvalue weighted by molar-refractivity contribution is 0.0698. The highest BCUT2D eigenvalue weighted by Gasteiger charge is 2.10. The number of nitrogens with one attached hydrogen (secondary N) is 1. The number of anilines is 1. The fourth-order valence-electron chi connectivity index (χ4n) is 1.62. The molecule has 0 saturated heterocycles. The number of aryl methyl sites for hydroxylation is 1. The molecule has 18 heavy (non-hydrogen) atoms. The summed E-state index contributed by atoms with van der Waals surface area (Å²) in [7, 11) is 0. The molecule has 5 heteroatoms. The van der Waals surface area contributed by atoms with Crippen molar-refractivity contribution in [1.82, 2.24) is 0 Å². The van der Waals surface area contributed by atoms with Gasteiger partial charge >= 0.3 is 5.97 Å². The summed E-state index contributed by atoms with van der Waals surface area (Å²) < 4.78 is 0.731. The Morgan fingerprint density at radius 1 is 1.39 bits per heavy atom. The van der Waals surface area contributed by atoms with Gasteiger partial charge in [0.15, 0.2) is 0 Å². The molecule has 0 fully saturated rings. The van der Waals surface area contributed by atoms with E-state index < -0.39 is 5.97 Å². The number of rotatable bonds is 4. The zero-order valence-electron chi connectivity index (χ0n) is 9.74. The fraction of sp³-hybridized carbons (Fsp3) is 0.154. The molecular weight excluding hydrogens is 270 g/mol. The zero-order valence-corrected chi connectivity index (χ0v) is 11.3. The number of carboxylic acids is 1. The average molecular weight is 282 g/mol. The molecule has 0 saturated carbocycles. The lowest BCUT2D eigenvalue weighted by atomic mass is 10.1. The smallest absolute Gasteiger partial charge is 0.337 e. The second-order valence-electron chi connectivity index (χ2n) is 3.91. The minimum Gasteiger partial charge on any atom is -0.478 e. The van der Waals surface area contributed by atoms with Crippen molar-refractivity contribution in [1.29, 1.82) is 0 Å². The second-order valence-corrected chi connectivity index (χ2v) is 5.71. The normalized spacial score (nSPS) is 10.3. The quantitative estimate of drug-likeness (QED) is 0.890. The van der Waals surface area contributed by atoms with Gasteiger partial charge in [0.05, 0.1) is 9.90 Å². The lowest BCUT2D eigenvalue weighted by Gasteiger charge is -2.09. The number of hydrogen-bond donors (Lipinski definition) is 2. The molecule has 0 aliphatic rings. The van der Waals surface area contributed by atoms with Crippen LogP contribution in [0.1, 0.15) is 20.8 Å². The van der Waals surface area contributed by atoms with Crippen LogP contribution in [0.2, 0.25) is 4.34 Å². The fourth-order valence-corrected chi connectivity index (χ4v) is 2.65. The Morgan fingerprint density at radius 2 is 2.17 bits per heavy atom. The number of carbonyl (C=O) groups is 1. The topological polar surface area (TPSA) is 49.3 Å². The van der Waals surface area contributed by atoms with Crippen LogP contribution in [0.25, 0.3) is 0 Å². The molecule has 1 aromatic carbocycles. The van der Waals surface area contributed by atoms with Gasteiger partial charge in [0.2, 0.25) is 0 Å². The first-order chi connectivity index (χ1) is 8.56. The first-order valence-electron chi connectivity index (χ1n) is 5.38. The Morgan fingerprint density at radius 3 is 2.78 bits per heavy atom. The zero-order chi connectivity index (χ0) is 13.1. The van der Waals surface area contributed by atoms with Gasteiger partial charge in [-0.05, 0) is 31.2 Å². The van der Waals surface area contributed by atoms with Crippen molar-refractivity contribution in [3.8, 4) is 0 Å². The predicted octanol–water partition coefficient (Wildman–Crippen LogP) is 4.02. The first-order valence-corrected chi connectivity index (χ1v) is 6.58. The molecule has 2 N–H and O–H groups in total. The van der Waals surface area contributed by atoms with E-state index in [-0.39, 0.29) is 5.56 Å². The molecule has 3 nitrogen and oxygen atoms in total. The molecule has 0 atom stereocenters. The van der Waals surface area contributed by atoms with Gasteiger partial charge in [-0.1, -0.05) is 23.2 Å². The minimum absolute atomic E-state index is 0.289. The molecule has 1 aromatic heterocycles. The van der Waals surface area contributed by atoms with E-state index in [1.807, 2.05) is 25.1 Å². The summed E-state index contributed by atoms with van der Waals surface area (Å²) in [5, 5.41) is 12.3. The largest absolute Gasteiger partial charge is 0.478 e. The molecule has 94 valence electrons. The molecule has 0 radical (unpaired) electrons. The van der Waals surface area contributed by atoms with E-state index >= 15 is 0 Å². The van der Waals surface area contributed by atoms with Crippen LogP contribution in [0.5, 0.6) is 0 Å². The maximum Gasteiger partial charge on any atom is 0.337 e. The molecule has 0 aliphatic heterocycles. The minimum atomic E-state index is -0.926. The van der Waals surface area contributed by atoms with Crippen LogP contribution in [-0.4, -0.2) is 11.1 Å². The molecule has 2 rings (SSSR count). The monoisotopic (exact) mass is 281 g/mol. The van der Waals surface area contributed by atoms with E-state index in [0.717, 1.165) is 14.8 Å². The van der Waals surface area contributed by atoms with E-state index in [0.29, 0.717) is 12.2 Å². The van der Waals surface area contributed by atoms with E-state index in [2.05, 4.69) is 5.32 Å². The molecule has 2 aromatic rings. The van der Waals surface area contributed by atoms with E-state index in [9.17, 15) is 4.79 Å². The highest BCUT2D eigenvalue weighted by Crippen LogP contribution is 2.23. The number of hydrogen-bond acceptors (Lipinski definition) is 3. The Labute approximate surface area is 114 Å². The molecular formula is C13H12ClNO2S. The molecule has 0 amide bonds. The lowest BCUT2D eigenvalue weighted by Crippen LogP contribution is -2.06. The SMILES string of the molecule is Cc1ccc(NCc2ccc(Cl)s2)c(C(=O)O)c1. The van der Waals surface area contributed by atoms with Crippen molar-refractivity contribution >= 4 is 34.6 Å². The third-order valence-corrected chi connectivity index (χ3v) is 3.72. The van der Waals surface area contributed by atoms with E-state index in [1.165, 1.54) is 11.3 Å². The van der Waals surface area contributed by atoms with Gasteiger partial charge < -0.3 is 10.4 Å². The van der Waals surface area contributed by atoms with Crippen molar-refractivity contribution in [2.24, 2.45) is 0 Å². The van der Waals surface area contributed by atoms with Crippen LogP contribution in [0.4, 0.5) is 5.69 Å². The third-order valence-electron chi connectivity index (χ3n) is 2.49. The summed E-state index contributed by atoms with van der Waals surface area (Å²) in [6, 6.07) is 9.08. The Hall–Kier alpha value is -1.52. The maximum absolute atomic E-state index is 11.1. The highest BCUT2D eigenvalue weighted by atomic mass is 35.5. The molecule has 0 spiro atoms. The van der Waals surface area contributed by atoms with E-state index in [4.69, 9.17) is 16.7 Å². The maximum atomic E-state index is 11.1.